The average Bonchev–Trinajstić information content (AvgIpc) is 3.64. The Morgan fingerprint density at radius 3 is 2.51 bits per heavy atom. The third-order valence-corrected chi connectivity index (χ3v) is 15.9. The fraction of sp³-hybridized carbons (Fsp3) is 0.487. The van der Waals surface area contributed by atoms with Gasteiger partial charge in [0, 0.05) is 49.1 Å². The molecule has 0 spiro atoms. The molecule has 12 heteroatoms. The number of amides is 1. The van der Waals surface area contributed by atoms with Crippen molar-refractivity contribution < 1.29 is 28.2 Å². The second kappa shape index (κ2) is 13.4. The zero-order valence-corrected chi connectivity index (χ0v) is 31.4. The Morgan fingerprint density at radius 2 is 1.80 bits per heavy atom. The molecule has 0 radical (unpaired) electrons. The van der Waals surface area contributed by atoms with Crippen LogP contribution in [0.15, 0.2) is 48.5 Å². The van der Waals surface area contributed by atoms with Crippen LogP contribution in [0.3, 0.4) is 0 Å². The molecule has 2 aromatic carbocycles. The number of ether oxygens (including phenoxy) is 1. The van der Waals surface area contributed by atoms with E-state index in [0.717, 1.165) is 30.5 Å². The van der Waals surface area contributed by atoms with E-state index >= 15 is 4.39 Å². The number of rotatable bonds is 10. The van der Waals surface area contributed by atoms with E-state index in [-0.39, 0.29) is 35.1 Å². The lowest BCUT2D eigenvalue weighted by Gasteiger charge is -2.36. The number of hydrogen-bond donors (Lipinski definition) is 1. The third kappa shape index (κ3) is 6.87. The second-order valence-corrected chi connectivity index (χ2v) is 20.6. The molecule has 1 N–H and O–H groups in total. The molecule has 4 heterocycles. The van der Waals surface area contributed by atoms with Crippen LogP contribution in [0.4, 0.5) is 10.1 Å². The van der Waals surface area contributed by atoms with Crippen molar-refractivity contribution in [3.63, 3.8) is 0 Å². The van der Waals surface area contributed by atoms with Gasteiger partial charge in [0.15, 0.2) is 14.0 Å². The van der Waals surface area contributed by atoms with Crippen molar-refractivity contribution in [1.82, 2.24) is 19.5 Å². The van der Waals surface area contributed by atoms with Gasteiger partial charge in [0.1, 0.15) is 29.6 Å². The van der Waals surface area contributed by atoms with Crippen LogP contribution < -0.4 is 9.64 Å². The van der Waals surface area contributed by atoms with Crippen molar-refractivity contribution in [1.29, 1.82) is 0 Å². The van der Waals surface area contributed by atoms with Crippen LogP contribution in [0, 0.1) is 11.7 Å². The summed E-state index contributed by atoms with van der Waals surface area (Å²) in [5.74, 6) is -1.48. The van der Waals surface area contributed by atoms with Crippen LogP contribution in [-0.2, 0) is 15.6 Å². The topological polar surface area (TPSA) is 110 Å². The molecule has 2 atom stereocenters. The highest BCUT2D eigenvalue weighted by molar-refractivity contribution is 6.74. The van der Waals surface area contributed by atoms with Gasteiger partial charge in [-0.3, -0.25) is 9.59 Å². The number of aromatic nitrogens is 3. The number of aliphatic carboxylic acids is 1. The van der Waals surface area contributed by atoms with Gasteiger partial charge in [0.2, 0.25) is 0 Å². The number of benzene rings is 2. The summed E-state index contributed by atoms with van der Waals surface area (Å²) >= 11 is 0. The number of hydrogen-bond acceptors (Lipinski definition) is 7. The molecule has 270 valence electrons. The monoisotopic (exact) mass is 713 g/mol. The minimum Gasteiger partial charge on any atom is -0.490 e. The predicted molar refractivity (Wildman–Crippen MR) is 197 cm³/mol. The Balaban J connectivity index is 1.23. The largest absolute Gasteiger partial charge is 0.490 e. The summed E-state index contributed by atoms with van der Waals surface area (Å²) in [6, 6.07) is 15.0. The Labute approximate surface area is 299 Å². The number of carboxylic acid groups (broad SMARTS) is 1. The van der Waals surface area contributed by atoms with Gasteiger partial charge in [-0.15, -0.1) is 0 Å². The van der Waals surface area contributed by atoms with Crippen molar-refractivity contribution in [2.75, 3.05) is 37.7 Å². The normalized spacial score (nSPS) is 19.4. The van der Waals surface area contributed by atoms with E-state index in [1.807, 2.05) is 28.0 Å². The van der Waals surface area contributed by atoms with E-state index in [0.29, 0.717) is 61.1 Å². The Morgan fingerprint density at radius 1 is 1.04 bits per heavy atom. The number of anilines is 1. The molecule has 2 aromatic heterocycles. The maximum absolute atomic E-state index is 16.4. The zero-order valence-electron chi connectivity index (χ0n) is 30.4. The zero-order chi connectivity index (χ0) is 36.2. The van der Waals surface area contributed by atoms with E-state index in [1.165, 1.54) is 11.6 Å². The summed E-state index contributed by atoms with van der Waals surface area (Å²) in [6.07, 6.45) is 3.23. The molecule has 1 amide bonds. The van der Waals surface area contributed by atoms with Crippen LogP contribution in [0.2, 0.25) is 18.1 Å². The van der Waals surface area contributed by atoms with Crippen LogP contribution >= 0.6 is 0 Å². The third-order valence-electron chi connectivity index (χ3n) is 11.3. The smallest absolute Gasteiger partial charge is 0.308 e. The highest BCUT2D eigenvalue weighted by atomic mass is 28.4. The summed E-state index contributed by atoms with van der Waals surface area (Å²) in [7, 11) is -2.04. The van der Waals surface area contributed by atoms with E-state index in [2.05, 4.69) is 52.9 Å². The molecule has 3 aliphatic rings. The van der Waals surface area contributed by atoms with Crippen LogP contribution in [0.1, 0.15) is 86.2 Å². The van der Waals surface area contributed by atoms with Crippen LogP contribution in [0.5, 0.6) is 5.75 Å². The molecular formula is C39H48FN5O5Si. The summed E-state index contributed by atoms with van der Waals surface area (Å²) in [5, 5.41) is 14.5. The van der Waals surface area contributed by atoms with E-state index in [4.69, 9.17) is 19.2 Å². The fourth-order valence-corrected chi connectivity index (χ4v) is 8.10. The van der Waals surface area contributed by atoms with Gasteiger partial charge in [-0.25, -0.2) is 13.9 Å². The first-order chi connectivity index (χ1) is 24.2. The Hall–Kier alpha value is -4.29. The molecule has 2 aliphatic heterocycles. The molecule has 1 aliphatic carbocycles. The minimum absolute atomic E-state index is 0.0280. The summed E-state index contributed by atoms with van der Waals surface area (Å²) in [4.78, 5) is 34.3. The van der Waals surface area contributed by atoms with E-state index < -0.39 is 26.0 Å². The number of nitrogens with zero attached hydrogens (tertiary/aromatic N) is 5. The average molecular weight is 714 g/mol. The molecule has 2 fully saturated rings. The van der Waals surface area contributed by atoms with Gasteiger partial charge in [-0.1, -0.05) is 45.0 Å². The fourth-order valence-electron chi connectivity index (χ4n) is 7.07. The van der Waals surface area contributed by atoms with Crippen molar-refractivity contribution in [3.8, 4) is 17.0 Å². The van der Waals surface area contributed by atoms with Crippen molar-refractivity contribution in [3.05, 3.63) is 76.9 Å². The van der Waals surface area contributed by atoms with Gasteiger partial charge in [-0.05, 0) is 74.0 Å². The lowest BCUT2D eigenvalue weighted by molar-refractivity contribution is -0.140. The highest BCUT2D eigenvalue weighted by Crippen LogP contribution is 2.43. The maximum Gasteiger partial charge on any atom is 0.308 e. The van der Waals surface area contributed by atoms with Crippen molar-refractivity contribution >= 4 is 31.5 Å². The molecule has 0 bridgehead atoms. The summed E-state index contributed by atoms with van der Waals surface area (Å²) in [6.45, 7) is 14.9. The minimum atomic E-state index is -2.04. The second-order valence-electron chi connectivity index (χ2n) is 15.8. The van der Waals surface area contributed by atoms with Crippen molar-refractivity contribution in [2.45, 2.75) is 83.5 Å². The molecule has 1 saturated carbocycles. The number of halogens is 1. The standard InChI is InChI=1S/C39H48FN5O5Si/c1-24-29-10-8-7-9-25(29)14-16-44(24)37(46)32-21-33(26-11-12-26)45-35(41-32)22-31(42-45)36-30(40)19-28(43-15-13-27(23-43)38(47)48)20-34(36)49-17-18-50-51(5,6)39(2,3)4/h7-10,19-22,24,26-27H,11-18,23H2,1-6H3,(H,47,48)/t24-,27?/m1/s1. The van der Waals surface area contributed by atoms with Gasteiger partial charge in [0.25, 0.3) is 5.91 Å². The lowest BCUT2D eigenvalue weighted by Crippen LogP contribution is -2.41. The first-order valence-electron chi connectivity index (χ1n) is 18.1. The van der Waals surface area contributed by atoms with Crippen LogP contribution in [-0.4, -0.2) is 77.6 Å². The number of fused-ring (bicyclic) bond motifs is 2. The highest BCUT2D eigenvalue weighted by Gasteiger charge is 2.37. The molecule has 51 heavy (non-hydrogen) atoms. The maximum atomic E-state index is 16.4. The molecule has 4 aromatic rings. The van der Waals surface area contributed by atoms with E-state index in [9.17, 15) is 14.7 Å². The van der Waals surface area contributed by atoms with Gasteiger partial charge < -0.3 is 24.1 Å². The van der Waals surface area contributed by atoms with Crippen LogP contribution in [0.25, 0.3) is 16.9 Å². The predicted octanol–water partition coefficient (Wildman–Crippen LogP) is 7.48. The number of carbonyl (C=O) groups excluding carboxylic acids is 1. The molecular weight excluding hydrogens is 666 g/mol. The van der Waals surface area contributed by atoms with Gasteiger partial charge in [0.05, 0.1) is 24.1 Å². The molecule has 10 nitrogen and oxygen atoms in total. The Kier molecular flexibility index (Phi) is 9.20. The molecule has 7 rings (SSSR count). The first-order valence-corrected chi connectivity index (χ1v) is 21.0. The lowest BCUT2D eigenvalue weighted by atomic mass is 9.93. The Bertz CT molecular complexity index is 1990. The quantitative estimate of drug-likeness (QED) is 0.133. The SMILES string of the molecule is C[C@@H]1c2ccccc2CCN1C(=O)c1cc(C2CC2)n2nc(-c3c(F)cc(N4CCC(C(=O)O)C4)cc3OCCO[Si](C)(C)C(C)(C)C)cc2n1. The first kappa shape index (κ1) is 35.1. The molecule has 1 saturated heterocycles. The van der Waals surface area contributed by atoms with E-state index in [1.54, 1.807) is 16.6 Å². The number of carboxylic acids is 1. The van der Waals surface area contributed by atoms with Gasteiger partial charge >= 0.3 is 5.97 Å². The summed E-state index contributed by atoms with van der Waals surface area (Å²) in [5.41, 5.74) is 5.25. The summed E-state index contributed by atoms with van der Waals surface area (Å²) < 4.78 is 30.8. The van der Waals surface area contributed by atoms with Gasteiger partial charge in [-0.2, -0.15) is 5.10 Å². The van der Waals surface area contributed by atoms with Crippen molar-refractivity contribution in [2.24, 2.45) is 5.92 Å². The number of carbonyl (C=O) groups is 2. The molecule has 1 unspecified atom stereocenters.